The van der Waals surface area contributed by atoms with E-state index >= 15 is 0 Å². The van der Waals surface area contributed by atoms with E-state index in [4.69, 9.17) is 0 Å². The third-order valence-electron chi connectivity index (χ3n) is 3.67. The summed E-state index contributed by atoms with van der Waals surface area (Å²) in [6.45, 7) is 7.56. The molecule has 106 valence electrons. The minimum atomic E-state index is 0.266. The van der Waals surface area contributed by atoms with Crippen molar-refractivity contribution in [2.24, 2.45) is 0 Å². The Morgan fingerprint density at radius 1 is 0.950 bits per heavy atom. The van der Waals surface area contributed by atoms with Crippen LogP contribution < -0.4 is 5.32 Å². The van der Waals surface area contributed by atoms with Crippen LogP contribution in [0.25, 0.3) is 0 Å². The first-order chi connectivity index (χ1) is 9.61. The van der Waals surface area contributed by atoms with Gasteiger partial charge in [0, 0.05) is 4.47 Å². The molecule has 0 radical (unpaired) electrons. The molecule has 1 N–H and O–H groups in total. The summed E-state index contributed by atoms with van der Waals surface area (Å²) in [5, 5.41) is 3.65. The number of aryl methyl sites for hydroxylation is 2. The molecule has 2 rings (SSSR count). The lowest BCUT2D eigenvalue weighted by Crippen LogP contribution is -2.23. The Labute approximate surface area is 130 Å². The quantitative estimate of drug-likeness (QED) is 0.798. The summed E-state index contributed by atoms with van der Waals surface area (Å²) in [6, 6.07) is 15.6. The van der Waals surface area contributed by atoms with Crippen LogP contribution in [-0.4, -0.2) is 6.54 Å². The molecule has 0 aliphatic heterocycles. The van der Waals surface area contributed by atoms with Crippen molar-refractivity contribution in [1.82, 2.24) is 5.32 Å². The molecule has 2 heteroatoms. The van der Waals surface area contributed by atoms with E-state index in [2.05, 4.69) is 84.5 Å². The average Bonchev–Trinajstić information content (AvgIpc) is 2.45. The maximum atomic E-state index is 3.65. The molecule has 0 spiro atoms. The Kier molecular flexibility index (Phi) is 5.38. The van der Waals surface area contributed by atoms with Crippen molar-refractivity contribution < 1.29 is 0 Å². The van der Waals surface area contributed by atoms with Crippen molar-refractivity contribution in [2.75, 3.05) is 6.54 Å². The molecule has 0 heterocycles. The van der Waals surface area contributed by atoms with Gasteiger partial charge in [0.25, 0.3) is 0 Å². The Morgan fingerprint density at radius 3 is 2.20 bits per heavy atom. The first kappa shape index (κ1) is 15.3. The van der Waals surface area contributed by atoms with Gasteiger partial charge < -0.3 is 5.32 Å². The molecule has 0 bridgehead atoms. The van der Waals surface area contributed by atoms with Crippen LogP contribution in [0.4, 0.5) is 0 Å². The van der Waals surface area contributed by atoms with Gasteiger partial charge in [0.1, 0.15) is 0 Å². The van der Waals surface area contributed by atoms with E-state index in [1.165, 1.54) is 22.3 Å². The highest BCUT2D eigenvalue weighted by Crippen LogP contribution is 2.25. The van der Waals surface area contributed by atoms with Crippen molar-refractivity contribution in [3.05, 3.63) is 69.2 Å². The van der Waals surface area contributed by atoms with E-state index in [1.807, 2.05) is 0 Å². The molecule has 0 amide bonds. The molecule has 0 saturated heterocycles. The second kappa shape index (κ2) is 7.05. The Balaban J connectivity index is 2.35. The fourth-order valence-electron chi connectivity index (χ4n) is 2.32. The second-order valence-corrected chi connectivity index (χ2v) is 6.20. The number of nitrogens with one attached hydrogen (secondary N) is 1. The van der Waals surface area contributed by atoms with Gasteiger partial charge in [0.05, 0.1) is 6.04 Å². The predicted molar refractivity (Wildman–Crippen MR) is 90.2 cm³/mol. The fourth-order valence-corrected chi connectivity index (χ4v) is 2.58. The van der Waals surface area contributed by atoms with E-state index in [0.717, 1.165) is 17.4 Å². The highest BCUT2D eigenvalue weighted by molar-refractivity contribution is 9.10. The molecule has 1 unspecified atom stereocenters. The molecule has 1 atom stereocenters. The Morgan fingerprint density at radius 2 is 1.60 bits per heavy atom. The van der Waals surface area contributed by atoms with Crippen LogP contribution >= 0.6 is 15.9 Å². The van der Waals surface area contributed by atoms with Gasteiger partial charge in [0.2, 0.25) is 0 Å². The molecular weight excluding hydrogens is 310 g/mol. The van der Waals surface area contributed by atoms with Crippen LogP contribution in [0, 0.1) is 13.8 Å². The van der Waals surface area contributed by atoms with Gasteiger partial charge in [0.15, 0.2) is 0 Å². The molecule has 2 aromatic carbocycles. The zero-order valence-electron chi connectivity index (χ0n) is 12.4. The first-order valence-corrected chi connectivity index (χ1v) is 7.97. The van der Waals surface area contributed by atoms with Crippen molar-refractivity contribution in [1.29, 1.82) is 0 Å². The summed E-state index contributed by atoms with van der Waals surface area (Å²) in [6.07, 6.45) is 1.14. The summed E-state index contributed by atoms with van der Waals surface area (Å²) in [7, 11) is 0. The molecule has 0 aliphatic carbocycles. The normalized spacial score (nSPS) is 12.4. The van der Waals surface area contributed by atoms with E-state index in [9.17, 15) is 0 Å². The lowest BCUT2D eigenvalue weighted by Gasteiger charge is -2.20. The van der Waals surface area contributed by atoms with Crippen LogP contribution in [0.3, 0.4) is 0 Å². The zero-order valence-corrected chi connectivity index (χ0v) is 14.0. The van der Waals surface area contributed by atoms with Gasteiger partial charge in [-0.1, -0.05) is 53.2 Å². The molecule has 1 nitrogen and oxygen atoms in total. The van der Waals surface area contributed by atoms with Crippen molar-refractivity contribution in [3.63, 3.8) is 0 Å². The van der Waals surface area contributed by atoms with Gasteiger partial charge in [-0.25, -0.2) is 0 Å². The van der Waals surface area contributed by atoms with E-state index in [-0.39, 0.29) is 6.04 Å². The molecule has 20 heavy (non-hydrogen) atoms. The number of hydrogen-bond donors (Lipinski definition) is 1. The fraction of sp³-hybridized carbons (Fsp3) is 0.333. The number of halogens is 1. The minimum absolute atomic E-state index is 0.266. The third-order valence-corrected chi connectivity index (χ3v) is 4.19. The molecule has 0 saturated carbocycles. The largest absolute Gasteiger partial charge is 0.306 e. The van der Waals surface area contributed by atoms with Gasteiger partial charge in [-0.05, 0) is 61.2 Å². The van der Waals surface area contributed by atoms with Crippen molar-refractivity contribution in [3.8, 4) is 0 Å². The second-order valence-electron chi connectivity index (χ2n) is 5.28. The summed E-state index contributed by atoms with van der Waals surface area (Å²) in [5.41, 5.74) is 5.34. The topological polar surface area (TPSA) is 12.0 Å². The molecule has 0 aromatic heterocycles. The maximum Gasteiger partial charge on any atom is 0.0576 e. The summed E-state index contributed by atoms with van der Waals surface area (Å²) >= 11 is 3.50. The van der Waals surface area contributed by atoms with Crippen LogP contribution in [-0.2, 0) is 0 Å². The summed E-state index contributed by atoms with van der Waals surface area (Å²) in [5.74, 6) is 0. The SMILES string of the molecule is CCCNC(c1ccc(Br)cc1)c1ccc(C)c(C)c1. The minimum Gasteiger partial charge on any atom is -0.306 e. The molecular formula is C18H22BrN. The van der Waals surface area contributed by atoms with Gasteiger partial charge >= 0.3 is 0 Å². The maximum absolute atomic E-state index is 3.65. The standard InChI is InChI=1S/C18H22BrN/c1-4-11-20-18(15-7-9-17(19)10-8-15)16-6-5-13(2)14(3)12-16/h5-10,12,18,20H,4,11H2,1-3H3. The smallest absolute Gasteiger partial charge is 0.0576 e. The third kappa shape index (κ3) is 3.71. The monoisotopic (exact) mass is 331 g/mol. The number of rotatable bonds is 5. The lowest BCUT2D eigenvalue weighted by molar-refractivity contribution is 0.598. The zero-order chi connectivity index (χ0) is 14.5. The van der Waals surface area contributed by atoms with E-state index < -0.39 is 0 Å². The Hall–Kier alpha value is -1.12. The lowest BCUT2D eigenvalue weighted by atomic mass is 9.95. The van der Waals surface area contributed by atoms with Gasteiger partial charge in [-0.2, -0.15) is 0 Å². The van der Waals surface area contributed by atoms with E-state index in [0.29, 0.717) is 0 Å². The predicted octanol–water partition coefficient (Wildman–Crippen LogP) is 5.15. The number of benzene rings is 2. The Bertz CT molecular complexity index is 560. The first-order valence-electron chi connectivity index (χ1n) is 7.18. The summed E-state index contributed by atoms with van der Waals surface area (Å²) < 4.78 is 1.12. The van der Waals surface area contributed by atoms with Crippen LogP contribution in [0.2, 0.25) is 0 Å². The summed E-state index contributed by atoms with van der Waals surface area (Å²) in [4.78, 5) is 0. The van der Waals surface area contributed by atoms with Gasteiger partial charge in [-0.3, -0.25) is 0 Å². The van der Waals surface area contributed by atoms with Crippen LogP contribution in [0.15, 0.2) is 46.9 Å². The van der Waals surface area contributed by atoms with Crippen LogP contribution in [0.1, 0.15) is 41.6 Å². The van der Waals surface area contributed by atoms with Crippen LogP contribution in [0.5, 0.6) is 0 Å². The van der Waals surface area contributed by atoms with Gasteiger partial charge in [-0.15, -0.1) is 0 Å². The molecule has 0 aliphatic rings. The molecule has 0 fully saturated rings. The number of hydrogen-bond acceptors (Lipinski definition) is 1. The average molecular weight is 332 g/mol. The molecule has 2 aromatic rings. The highest BCUT2D eigenvalue weighted by atomic mass is 79.9. The van der Waals surface area contributed by atoms with Crippen molar-refractivity contribution in [2.45, 2.75) is 33.2 Å². The highest BCUT2D eigenvalue weighted by Gasteiger charge is 2.13. The van der Waals surface area contributed by atoms with E-state index in [1.54, 1.807) is 0 Å². The van der Waals surface area contributed by atoms with Crippen molar-refractivity contribution >= 4 is 15.9 Å².